The Labute approximate surface area is 183 Å². The monoisotopic (exact) mass is 454 g/mol. The predicted molar refractivity (Wildman–Crippen MR) is 110 cm³/mol. The summed E-state index contributed by atoms with van der Waals surface area (Å²) in [5.74, 6) is -2.25. The van der Waals surface area contributed by atoms with Gasteiger partial charge in [0.05, 0.1) is 34.7 Å². The van der Waals surface area contributed by atoms with Crippen molar-refractivity contribution < 1.29 is 32.3 Å². The van der Waals surface area contributed by atoms with Crippen LogP contribution in [0.1, 0.15) is 33.7 Å². The van der Waals surface area contributed by atoms with Crippen LogP contribution in [0.2, 0.25) is 0 Å². The van der Waals surface area contributed by atoms with E-state index in [1.54, 1.807) is 7.11 Å². The van der Waals surface area contributed by atoms with E-state index in [0.29, 0.717) is 19.6 Å². The van der Waals surface area contributed by atoms with E-state index in [1.165, 1.54) is 37.7 Å². The molecule has 1 heterocycles. The molecule has 32 heavy (non-hydrogen) atoms. The Morgan fingerprint density at radius 2 is 1.91 bits per heavy atom. The summed E-state index contributed by atoms with van der Waals surface area (Å²) in [4.78, 5) is 38.3. The van der Waals surface area contributed by atoms with Gasteiger partial charge in [0.15, 0.2) is 0 Å². The largest absolute Gasteiger partial charge is 0.416 e. The van der Waals surface area contributed by atoms with Crippen molar-refractivity contribution in [3.63, 3.8) is 0 Å². The molecule has 2 aromatic rings. The Morgan fingerprint density at radius 3 is 2.53 bits per heavy atom. The third kappa shape index (κ3) is 5.94. The van der Waals surface area contributed by atoms with Gasteiger partial charge in [-0.1, -0.05) is 6.07 Å². The smallest absolute Gasteiger partial charge is 0.385 e. The molecule has 0 spiro atoms. The van der Waals surface area contributed by atoms with Gasteiger partial charge in [-0.15, -0.1) is 0 Å². The zero-order chi connectivity index (χ0) is 24.1. The minimum Gasteiger partial charge on any atom is -0.385 e. The standard InChI is InChI=1S/C21H25F3N4O4/c1-13-18(19(30)20(31)27(3)12-17(29)25-9-6-10-32-4)14(2)28(26-13)16-8-5-7-15(11-16)21(22,23)24/h5,7-8,11H,6,9-10,12H2,1-4H3,(H,25,29). The Bertz CT molecular complexity index is 1000. The first-order valence-electron chi connectivity index (χ1n) is 9.76. The molecule has 2 rings (SSSR count). The van der Waals surface area contributed by atoms with E-state index >= 15 is 0 Å². The summed E-state index contributed by atoms with van der Waals surface area (Å²) in [5.41, 5.74) is -0.355. The number of halogens is 3. The third-order valence-electron chi connectivity index (χ3n) is 4.71. The number of likely N-dealkylation sites (N-methyl/N-ethyl adjacent to an activating group) is 1. The number of ether oxygens (including phenoxy) is 1. The van der Waals surface area contributed by atoms with Gasteiger partial charge in [-0.05, 0) is 38.5 Å². The highest BCUT2D eigenvalue weighted by Gasteiger charge is 2.32. The van der Waals surface area contributed by atoms with Crippen molar-refractivity contribution in [2.24, 2.45) is 0 Å². The van der Waals surface area contributed by atoms with Crippen LogP contribution in [0.5, 0.6) is 0 Å². The van der Waals surface area contributed by atoms with Crippen molar-refractivity contribution in [2.45, 2.75) is 26.4 Å². The molecule has 0 saturated heterocycles. The lowest BCUT2D eigenvalue weighted by Crippen LogP contribution is -2.41. The molecule has 1 aromatic carbocycles. The SMILES string of the molecule is COCCCNC(=O)CN(C)C(=O)C(=O)c1c(C)nn(-c2cccc(C(F)(F)F)c2)c1C. The van der Waals surface area contributed by atoms with Gasteiger partial charge in [-0.3, -0.25) is 14.4 Å². The highest BCUT2D eigenvalue weighted by molar-refractivity contribution is 6.43. The summed E-state index contributed by atoms with van der Waals surface area (Å²) in [5, 5.41) is 6.77. The Morgan fingerprint density at radius 1 is 1.22 bits per heavy atom. The maximum atomic E-state index is 13.0. The maximum Gasteiger partial charge on any atom is 0.416 e. The van der Waals surface area contributed by atoms with Gasteiger partial charge in [0.1, 0.15) is 0 Å². The molecule has 0 aliphatic rings. The Kier molecular flexibility index (Phi) is 8.14. The van der Waals surface area contributed by atoms with Crippen LogP contribution in [0, 0.1) is 13.8 Å². The molecule has 0 fully saturated rings. The summed E-state index contributed by atoms with van der Waals surface area (Å²) in [7, 11) is 2.86. The number of nitrogens with zero attached hydrogens (tertiary/aromatic N) is 3. The van der Waals surface area contributed by atoms with Crippen molar-refractivity contribution in [3.05, 3.63) is 46.8 Å². The molecule has 8 nitrogen and oxygen atoms in total. The van der Waals surface area contributed by atoms with Crippen LogP contribution in [0.4, 0.5) is 13.2 Å². The highest BCUT2D eigenvalue weighted by atomic mass is 19.4. The molecule has 0 atom stereocenters. The number of carbonyl (C=O) groups is 3. The van der Waals surface area contributed by atoms with E-state index in [4.69, 9.17) is 4.74 Å². The first-order chi connectivity index (χ1) is 15.0. The number of aromatic nitrogens is 2. The molecule has 0 radical (unpaired) electrons. The minimum absolute atomic E-state index is 0.0141. The van der Waals surface area contributed by atoms with E-state index in [1.807, 2.05) is 0 Å². The van der Waals surface area contributed by atoms with E-state index in [0.717, 1.165) is 17.0 Å². The zero-order valence-corrected chi connectivity index (χ0v) is 18.2. The van der Waals surface area contributed by atoms with Gasteiger partial charge in [-0.2, -0.15) is 18.3 Å². The normalized spacial score (nSPS) is 11.3. The summed E-state index contributed by atoms with van der Waals surface area (Å²) in [6.07, 6.45) is -3.93. The number of nitrogens with one attached hydrogen (secondary N) is 1. The molecule has 1 aromatic heterocycles. The van der Waals surface area contributed by atoms with Gasteiger partial charge in [-0.25, -0.2) is 4.68 Å². The number of aryl methyl sites for hydroxylation is 1. The zero-order valence-electron chi connectivity index (χ0n) is 18.2. The summed E-state index contributed by atoms with van der Waals surface area (Å²) in [6, 6.07) is 4.50. The van der Waals surface area contributed by atoms with Crippen LogP contribution in [0.3, 0.4) is 0 Å². The number of amides is 2. The van der Waals surface area contributed by atoms with E-state index in [-0.39, 0.29) is 29.2 Å². The lowest BCUT2D eigenvalue weighted by Gasteiger charge is -2.16. The average molecular weight is 454 g/mol. The second-order valence-corrected chi connectivity index (χ2v) is 7.19. The van der Waals surface area contributed by atoms with Crippen molar-refractivity contribution >= 4 is 17.6 Å². The number of ketones is 1. The number of benzene rings is 1. The summed E-state index contributed by atoms with van der Waals surface area (Å²) < 4.78 is 45.2. The van der Waals surface area contributed by atoms with Gasteiger partial charge < -0.3 is 15.0 Å². The second-order valence-electron chi connectivity index (χ2n) is 7.19. The lowest BCUT2D eigenvalue weighted by atomic mass is 10.1. The fourth-order valence-corrected chi connectivity index (χ4v) is 3.10. The summed E-state index contributed by atoms with van der Waals surface area (Å²) >= 11 is 0. The van der Waals surface area contributed by atoms with E-state index < -0.39 is 29.3 Å². The van der Waals surface area contributed by atoms with Gasteiger partial charge >= 0.3 is 6.18 Å². The first-order valence-corrected chi connectivity index (χ1v) is 9.76. The summed E-state index contributed by atoms with van der Waals surface area (Å²) in [6.45, 7) is 3.49. The van der Waals surface area contributed by atoms with Crippen LogP contribution < -0.4 is 5.32 Å². The molecule has 0 saturated carbocycles. The maximum absolute atomic E-state index is 13.0. The molecular weight excluding hydrogens is 429 g/mol. The number of hydrogen-bond acceptors (Lipinski definition) is 5. The van der Waals surface area contributed by atoms with Crippen molar-refractivity contribution in [1.82, 2.24) is 20.0 Å². The molecule has 11 heteroatoms. The number of methoxy groups -OCH3 is 1. The molecule has 0 unspecified atom stereocenters. The topological polar surface area (TPSA) is 93.5 Å². The van der Waals surface area contributed by atoms with Crippen LogP contribution in [-0.4, -0.2) is 66.1 Å². The predicted octanol–water partition coefficient (Wildman–Crippen LogP) is 2.30. The molecule has 0 aliphatic heterocycles. The fourth-order valence-electron chi connectivity index (χ4n) is 3.10. The molecule has 0 bridgehead atoms. The minimum atomic E-state index is -4.53. The van der Waals surface area contributed by atoms with Gasteiger partial charge in [0, 0.05) is 27.3 Å². The van der Waals surface area contributed by atoms with Crippen LogP contribution in [-0.2, 0) is 20.5 Å². The molecule has 0 aliphatic carbocycles. The molecule has 174 valence electrons. The van der Waals surface area contributed by atoms with Crippen molar-refractivity contribution in [2.75, 3.05) is 33.9 Å². The van der Waals surface area contributed by atoms with E-state index in [9.17, 15) is 27.6 Å². The van der Waals surface area contributed by atoms with Crippen LogP contribution in [0.25, 0.3) is 5.69 Å². The average Bonchev–Trinajstić information content (AvgIpc) is 3.03. The van der Waals surface area contributed by atoms with Gasteiger partial charge in [0.2, 0.25) is 5.91 Å². The quantitative estimate of drug-likeness (QED) is 0.357. The third-order valence-corrected chi connectivity index (χ3v) is 4.71. The van der Waals surface area contributed by atoms with Crippen LogP contribution in [0.15, 0.2) is 24.3 Å². The van der Waals surface area contributed by atoms with Gasteiger partial charge in [0.25, 0.3) is 11.7 Å². The molecule has 1 N–H and O–H groups in total. The Hall–Kier alpha value is -3.21. The lowest BCUT2D eigenvalue weighted by molar-refractivity contribution is -0.137. The molecule has 2 amide bonds. The number of hydrogen-bond donors (Lipinski definition) is 1. The second kappa shape index (κ2) is 10.4. The number of rotatable bonds is 9. The van der Waals surface area contributed by atoms with Crippen LogP contribution >= 0.6 is 0 Å². The first kappa shape index (κ1) is 25.1. The number of Topliss-reactive ketones (excluding diaryl/α,β-unsaturated/α-hetero) is 1. The number of alkyl halides is 3. The number of carbonyl (C=O) groups excluding carboxylic acids is 3. The Balaban J connectivity index is 2.19. The highest BCUT2D eigenvalue weighted by Crippen LogP contribution is 2.31. The van der Waals surface area contributed by atoms with E-state index in [2.05, 4.69) is 10.4 Å². The molecular formula is C21H25F3N4O4. The fraction of sp³-hybridized carbons (Fsp3) is 0.429. The van der Waals surface area contributed by atoms with Crippen molar-refractivity contribution in [3.8, 4) is 5.69 Å². The van der Waals surface area contributed by atoms with Crippen molar-refractivity contribution in [1.29, 1.82) is 0 Å².